The molecule has 0 bridgehead atoms. The molecule has 0 fully saturated rings. The first-order valence-electron chi connectivity index (χ1n) is 8.47. The number of fused-ring (bicyclic) bond motifs is 1. The first-order valence-corrected chi connectivity index (χ1v) is 8.47. The van der Waals surface area contributed by atoms with Crippen LogP contribution in [0.5, 0.6) is 0 Å². The van der Waals surface area contributed by atoms with E-state index in [1.807, 2.05) is 25.1 Å². The van der Waals surface area contributed by atoms with Gasteiger partial charge in [-0.05, 0) is 43.7 Å². The zero-order valence-electron chi connectivity index (χ0n) is 15.1. The van der Waals surface area contributed by atoms with E-state index in [1.54, 1.807) is 11.5 Å². The molecule has 0 atom stereocenters. The zero-order chi connectivity index (χ0) is 19.8. The van der Waals surface area contributed by atoms with Gasteiger partial charge >= 0.3 is 0 Å². The third-order valence-electron chi connectivity index (χ3n) is 4.35. The molecule has 0 saturated heterocycles. The van der Waals surface area contributed by atoms with Gasteiger partial charge in [-0.2, -0.15) is 0 Å². The quantitative estimate of drug-likeness (QED) is 0.396. The lowest BCUT2D eigenvalue weighted by atomic mass is 10.2. The topological polar surface area (TPSA) is 117 Å². The molecule has 0 radical (unpaired) electrons. The van der Waals surface area contributed by atoms with Gasteiger partial charge in [-0.15, -0.1) is 10.2 Å². The van der Waals surface area contributed by atoms with Crippen molar-refractivity contribution in [2.45, 2.75) is 20.4 Å². The number of nitro groups is 1. The molecule has 0 aliphatic heterocycles. The van der Waals surface area contributed by atoms with Crippen molar-refractivity contribution >= 4 is 16.7 Å². The summed E-state index contributed by atoms with van der Waals surface area (Å²) in [4.78, 5) is 27.2. The Kier molecular flexibility index (Phi) is 4.19. The third kappa shape index (κ3) is 3.13. The maximum atomic E-state index is 12.6. The van der Waals surface area contributed by atoms with Crippen LogP contribution >= 0.6 is 0 Å². The van der Waals surface area contributed by atoms with Crippen molar-refractivity contribution in [3.05, 3.63) is 80.1 Å². The lowest BCUT2D eigenvalue weighted by Crippen LogP contribution is -2.24. The highest BCUT2D eigenvalue weighted by atomic mass is 16.6. The van der Waals surface area contributed by atoms with Crippen LogP contribution in [0.3, 0.4) is 0 Å². The predicted octanol–water partition coefficient (Wildman–Crippen LogP) is 3.02. The molecule has 0 N–H and O–H groups in total. The van der Waals surface area contributed by atoms with Crippen LogP contribution in [0.1, 0.15) is 17.1 Å². The number of aryl methyl sites for hydroxylation is 2. The van der Waals surface area contributed by atoms with Crippen LogP contribution in [0.15, 0.2) is 51.7 Å². The molecule has 0 amide bonds. The van der Waals surface area contributed by atoms with Crippen LogP contribution in [-0.2, 0) is 6.54 Å². The van der Waals surface area contributed by atoms with Crippen LogP contribution < -0.4 is 5.56 Å². The Labute approximate surface area is 158 Å². The third-order valence-corrected chi connectivity index (χ3v) is 4.35. The van der Waals surface area contributed by atoms with Gasteiger partial charge in [0.2, 0.25) is 11.8 Å². The summed E-state index contributed by atoms with van der Waals surface area (Å²) in [6.07, 6.45) is 0. The molecule has 2 heterocycles. The summed E-state index contributed by atoms with van der Waals surface area (Å²) in [7, 11) is 0. The van der Waals surface area contributed by atoms with Crippen molar-refractivity contribution in [2.75, 3.05) is 0 Å². The SMILES string of the molecule is Cc1ccc2nc(C)c(=O)n(Cc3nnc(-c4ccc([N+](=O)[O-])cc4)o3)c2c1. The second kappa shape index (κ2) is 6.69. The smallest absolute Gasteiger partial charge is 0.272 e. The highest BCUT2D eigenvalue weighted by molar-refractivity contribution is 5.75. The number of nitrogens with zero attached hydrogens (tertiary/aromatic N) is 5. The Hall–Kier alpha value is -3.88. The molecule has 9 heteroatoms. The van der Waals surface area contributed by atoms with E-state index in [0.29, 0.717) is 22.3 Å². The van der Waals surface area contributed by atoms with Crippen molar-refractivity contribution in [2.24, 2.45) is 0 Å². The van der Waals surface area contributed by atoms with Crippen molar-refractivity contribution in [3.8, 4) is 11.5 Å². The highest BCUT2D eigenvalue weighted by Crippen LogP contribution is 2.22. The van der Waals surface area contributed by atoms with Crippen molar-refractivity contribution in [1.82, 2.24) is 19.7 Å². The van der Waals surface area contributed by atoms with Gasteiger partial charge in [0.15, 0.2) is 0 Å². The fourth-order valence-electron chi connectivity index (χ4n) is 2.93. The molecular formula is C19H15N5O4. The van der Waals surface area contributed by atoms with Gasteiger partial charge in [-0.25, -0.2) is 4.98 Å². The van der Waals surface area contributed by atoms with Gasteiger partial charge in [-0.1, -0.05) is 6.07 Å². The van der Waals surface area contributed by atoms with Gasteiger partial charge in [0.1, 0.15) is 12.2 Å². The molecule has 2 aromatic heterocycles. The van der Waals surface area contributed by atoms with E-state index in [-0.39, 0.29) is 29.6 Å². The summed E-state index contributed by atoms with van der Waals surface area (Å²) < 4.78 is 7.23. The minimum Gasteiger partial charge on any atom is -0.419 e. The number of hydrogen-bond donors (Lipinski definition) is 0. The molecule has 28 heavy (non-hydrogen) atoms. The Bertz CT molecular complexity index is 1260. The van der Waals surface area contributed by atoms with Gasteiger partial charge < -0.3 is 4.42 Å². The van der Waals surface area contributed by atoms with Gasteiger partial charge in [-0.3, -0.25) is 19.5 Å². The second-order valence-corrected chi connectivity index (χ2v) is 6.39. The molecule has 4 rings (SSSR count). The average Bonchev–Trinajstić information content (AvgIpc) is 3.15. The molecule has 0 aliphatic rings. The summed E-state index contributed by atoms with van der Waals surface area (Å²) >= 11 is 0. The number of benzene rings is 2. The van der Waals surface area contributed by atoms with Crippen LogP contribution in [-0.4, -0.2) is 24.7 Å². The van der Waals surface area contributed by atoms with E-state index in [0.717, 1.165) is 5.56 Å². The van der Waals surface area contributed by atoms with E-state index in [9.17, 15) is 14.9 Å². The predicted molar refractivity (Wildman–Crippen MR) is 101 cm³/mol. The average molecular weight is 377 g/mol. The van der Waals surface area contributed by atoms with Crippen molar-refractivity contribution in [3.63, 3.8) is 0 Å². The molecule has 140 valence electrons. The normalized spacial score (nSPS) is 11.1. The van der Waals surface area contributed by atoms with Gasteiger partial charge in [0, 0.05) is 17.7 Å². The van der Waals surface area contributed by atoms with Crippen LogP contribution in [0.4, 0.5) is 5.69 Å². The monoisotopic (exact) mass is 377 g/mol. The van der Waals surface area contributed by atoms with Crippen molar-refractivity contribution in [1.29, 1.82) is 0 Å². The summed E-state index contributed by atoms with van der Waals surface area (Å²) in [5.41, 5.74) is 3.08. The van der Waals surface area contributed by atoms with Gasteiger partial charge in [0.05, 0.1) is 16.0 Å². The van der Waals surface area contributed by atoms with Crippen molar-refractivity contribution < 1.29 is 9.34 Å². The van der Waals surface area contributed by atoms with E-state index in [2.05, 4.69) is 15.2 Å². The van der Waals surface area contributed by atoms with E-state index in [1.165, 1.54) is 24.3 Å². The first-order chi connectivity index (χ1) is 13.4. The first kappa shape index (κ1) is 17.5. The molecule has 4 aromatic rings. The minimum absolute atomic E-state index is 0.0239. The molecular weight excluding hydrogens is 362 g/mol. The molecule has 0 unspecified atom stereocenters. The summed E-state index contributed by atoms with van der Waals surface area (Å²) in [5, 5.41) is 18.8. The Morgan fingerprint density at radius 3 is 2.57 bits per heavy atom. The molecule has 9 nitrogen and oxygen atoms in total. The number of nitro benzene ring substituents is 1. The fraction of sp³-hybridized carbons (Fsp3) is 0.158. The lowest BCUT2D eigenvalue weighted by molar-refractivity contribution is -0.384. The minimum atomic E-state index is -0.478. The van der Waals surface area contributed by atoms with E-state index in [4.69, 9.17) is 4.42 Å². The number of aromatic nitrogens is 4. The second-order valence-electron chi connectivity index (χ2n) is 6.39. The van der Waals surface area contributed by atoms with Crippen LogP contribution in [0, 0.1) is 24.0 Å². The maximum Gasteiger partial charge on any atom is 0.272 e. The molecule has 0 spiro atoms. The summed E-state index contributed by atoms with van der Waals surface area (Å²) in [6.45, 7) is 3.70. The highest BCUT2D eigenvalue weighted by Gasteiger charge is 2.14. The Morgan fingerprint density at radius 1 is 1.11 bits per heavy atom. The largest absolute Gasteiger partial charge is 0.419 e. The Morgan fingerprint density at radius 2 is 1.86 bits per heavy atom. The maximum absolute atomic E-state index is 12.6. The molecule has 0 aliphatic carbocycles. The molecule has 2 aromatic carbocycles. The molecule has 0 saturated carbocycles. The standard InChI is InChI=1S/C19H15N5O4/c1-11-3-8-15-16(9-11)23(19(25)12(2)20-15)10-17-21-22-18(28-17)13-4-6-14(7-5-13)24(26)27/h3-9H,10H2,1-2H3. The zero-order valence-corrected chi connectivity index (χ0v) is 15.1. The lowest BCUT2D eigenvalue weighted by Gasteiger charge is -2.09. The van der Waals surface area contributed by atoms with Crippen LogP contribution in [0.2, 0.25) is 0 Å². The summed E-state index contributed by atoms with van der Waals surface area (Å²) in [6, 6.07) is 11.5. The van der Waals surface area contributed by atoms with E-state index < -0.39 is 4.92 Å². The van der Waals surface area contributed by atoms with Crippen LogP contribution in [0.25, 0.3) is 22.5 Å². The number of hydrogen-bond acceptors (Lipinski definition) is 7. The Balaban J connectivity index is 1.71. The van der Waals surface area contributed by atoms with E-state index >= 15 is 0 Å². The summed E-state index contributed by atoms with van der Waals surface area (Å²) in [5.74, 6) is 0.480. The number of rotatable bonds is 4. The number of non-ortho nitro benzene ring substituents is 1. The fourth-order valence-corrected chi connectivity index (χ4v) is 2.93. The van der Waals surface area contributed by atoms with Gasteiger partial charge in [0.25, 0.3) is 11.2 Å².